The number of hydrogen-bond donors (Lipinski definition) is 2. The molecular weight excluding hydrogens is 242 g/mol. The largest absolute Gasteiger partial charge is 0.396 e. The van der Waals surface area contributed by atoms with Gasteiger partial charge in [0.25, 0.3) is 10.0 Å². The first kappa shape index (κ1) is 13.9. The summed E-state index contributed by atoms with van der Waals surface area (Å²) in [4.78, 5) is 3.76. The van der Waals surface area contributed by atoms with Crippen molar-refractivity contribution in [1.82, 2.24) is 9.71 Å². The van der Waals surface area contributed by atoms with Crippen LogP contribution in [0.2, 0.25) is 0 Å². The summed E-state index contributed by atoms with van der Waals surface area (Å²) in [5, 5.41) is -0.128. The third-order valence-corrected chi connectivity index (χ3v) is 3.45. The van der Waals surface area contributed by atoms with Crippen LogP contribution in [-0.4, -0.2) is 33.2 Å². The fourth-order valence-electron chi connectivity index (χ4n) is 1.22. The van der Waals surface area contributed by atoms with Gasteiger partial charge >= 0.3 is 0 Å². The number of hydrogen-bond acceptors (Lipinski definition) is 5. The van der Waals surface area contributed by atoms with Crippen LogP contribution in [-0.2, 0) is 14.8 Å². The number of ether oxygens (including phenoxy) is 1. The molecule has 96 valence electrons. The van der Waals surface area contributed by atoms with E-state index in [1.807, 2.05) is 6.92 Å². The Morgan fingerprint density at radius 1 is 1.53 bits per heavy atom. The zero-order valence-corrected chi connectivity index (χ0v) is 10.5. The van der Waals surface area contributed by atoms with E-state index in [1.165, 1.54) is 12.3 Å². The van der Waals surface area contributed by atoms with E-state index < -0.39 is 10.0 Å². The average molecular weight is 259 g/mol. The summed E-state index contributed by atoms with van der Waals surface area (Å²) in [5.41, 5.74) is 5.70. The average Bonchev–Trinajstić information content (AvgIpc) is 2.29. The number of nitrogens with zero attached hydrogens (tertiary/aromatic N) is 1. The molecule has 7 heteroatoms. The van der Waals surface area contributed by atoms with Gasteiger partial charge < -0.3 is 10.5 Å². The molecule has 0 aliphatic rings. The second-order valence-corrected chi connectivity index (χ2v) is 5.03. The molecule has 0 fully saturated rings. The van der Waals surface area contributed by atoms with Crippen molar-refractivity contribution in [1.29, 1.82) is 0 Å². The number of rotatable bonds is 7. The molecule has 6 nitrogen and oxygen atoms in total. The summed E-state index contributed by atoms with van der Waals surface area (Å²) in [6.07, 6.45) is 2.00. The molecule has 0 spiro atoms. The minimum absolute atomic E-state index is 0.128. The van der Waals surface area contributed by atoms with Crippen LogP contribution < -0.4 is 10.5 Å². The van der Waals surface area contributed by atoms with Gasteiger partial charge in [0.1, 0.15) is 0 Å². The number of nitrogens with one attached hydrogen (secondary N) is 1. The predicted molar refractivity (Wildman–Crippen MR) is 64.9 cm³/mol. The molecule has 0 bridgehead atoms. The van der Waals surface area contributed by atoms with Gasteiger partial charge in [-0.05, 0) is 25.5 Å². The number of nitrogens with two attached hydrogens (primary N) is 1. The van der Waals surface area contributed by atoms with Crippen LogP contribution in [0.15, 0.2) is 23.4 Å². The lowest BCUT2D eigenvalue weighted by Gasteiger charge is -2.07. The number of nitrogen functional groups attached to an aromatic ring is 1. The van der Waals surface area contributed by atoms with Gasteiger partial charge in [0, 0.05) is 26.0 Å². The molecule has 0 saturated carbocycles. The van der Waals surface area contributed by atoms with Crippen molar-refractivity contribution >= 4 is 15.7 Å². The lowest BCUT2D eigenvalue weighted by molar-refractivity contribution is 0.146. The molecule has 1 rings (SSSR count). The molecule has 1 heterocycles. The first-order chi connectivity index (χ1) is 8.08. The molecule has 3 N–H and O–H groups in total. The predicted octanol–water partition coefficient (Wildman–Crippen LogP) is 0.369. The SMILES string of the molecule is CCOCCCNS(=O)(=O)c1ncccc1N. The highest BCUT2D eigenvalue weighted by Gasteiger charge is 2.17. The Balaban J connectivity index is 2.55. The molecule has 0 aliphatic heterocycles. The summed E-state index contributed by atoms with van der Waals surface area (Å²) >= 11 is 0. The maximum atomic E-state index is 11.8. The molecule has 0 saturated heterocycles. The van der Waals surface area contributed by atoms with Gasteiger partial charge in [-0.15, -0.1) is 0 Å². The Bertz CT molecular complexity index is 448. The van der Waals surface area contributed by atoms with Gasteiger partial charge in [0.2, 0.25) is 0 Å². The first-order valence-electron chi connectivity index (χ1n) is 5.36. The van der Waals surface area contributed by atoms with Gasteiger partial charge in [0.05, 0.1) is 5.69 Å². The van der Waals surface area contributed by atoms with Crippen molar-refractivity contribution in [3.63, 3.8) is 0 Å². The molecule has 1 aromatic rings. The smallest absolute Gasteiger partial charge is 0.260 e. The van der Waals surface area contributed by atoms with Crippen LogP contribution in [0.25, 0.3) is 0 Å². The zero-order valence-electron chi connectivity index (χ0n) is 9.72. The second-order valence-electron chi connectivity index (χ2n) is 3.35. The molecule has 0 aromatic carbocycles. The van der Waals surface area contributed by atoms with Crippen LogP contribution in [0, 0.1) is 0 Å². The van der Waals surface area contributed by atoms with Gasteiger partial charge in [0.15, 0.2) is 5.03 Å². The maximum Gasteiger partial charge on any atom is 0.260 e. The van der Waals surface area contributed by atoms with Gasteiger partial charge in [-0.1, -0.05) is 0 Å². The number of pyridine rings is 1. The minimum Gasteiger partial charge on any atom is -0.396 e. The fraction of sp³-hybridized carbons (Fsp3) is 0.500. The van der Waals surface area contributed by atoms with E-state index >= 15 is 0 Å². The maximum absolute atomic E-state index is 11.8. The topological polar surface area (TPSA) is 94.3 Å². The summed E-state index contributed by atoms with van der Waals surface area (Å²) in [6.45, 7) is 3.34. The molecule has 0 amide bonds. The van der Waals surface area contributed by atoms with Crippen molar-refractivity contribution in [3.05, 3.63) is 18.3 Å². The Hall–Kier alpha value is -1.18. The molecule has 0 aliphatic carbocycles. The van der Waals surface area contributed by atoms with Gasteiger partial charge in [-0.25, -0.2) is 18.1 Å². The Kier molecular flexibility index (Phi) is 5.33. The molecule has 0 atom stereocenters. The number of anilines is 1. The van der Waals surface area contributed by atoms with Crippen molar-refractivity contribution < 1.29 is 13.2 Å². The zero-order chi connectivity index (χ0) is 12.7. The van der Waals surface area contributed by atoms with Crippen molar-refractivity contribution in [2.45, 2.75) is 18.4 Å². The summed E-state index contributed by atoms with van der Waals surface area (Å²) in [7, 11) is -3.62. The third-order valence-electron chi connectivity index (χ3n) is 2.02. The molecular formula is C10H17N3O3S. The van der Waals surface area contributed by atoms with E-state index in [1.54, 1.807) is 6.07 Å². The Morgan fingerprint density at radius 2 is 2.29 bits per heavy atom. The highest BCUT2D eigenvalue weighted by atomic mass is 32.2. The van der Waals surface area contributed by atoms with Gasteiger partial charge in [-0.3, -0.25) is 0 Å². The Morgan fingerprint density at radius 3 is 2.94 bits per heavy atom. The van der Waals surface area contributed by atoms with E-state index in [-0.39, 0.29) is 10.7 Å². The molecule has 0 radical (unpaired) electrons. The van der Waals surface area contributed by atoms with E-state index in [2.05, 4.69) is 9.71 Å². The van der Waals surface area contributed by atoms with E-state index in [0.29, 0.717) is 26.2 Å². The van der Waals surface area contributed by atoms with Crippen LogP contribution in [0.4, 0.5) is 5.69 Å². The Labute approximate surface area is 101 Å². The fourth-order valence-corrected chi connectivity index (χ4v) is 2.35. The highest BCUT2D eigenvalue weighted by molar-refractivity contribution is 7.89. The van der Waals surface area contributed by atoms with Crippen LogP contribution in [0.5, 0.6) is 0 Å². The highest BCUT2D eigenvalue weighted by Crippen LogP contribution is 2.13. The number of sulfonamides is 1. The first-order valence-corrected chi connectivity index (χ1v) is 6.84. The van der Waals surface area contributed by atoms with Crippen molar-refractivity contribution in [2.75, 3.05) is 25.5 Å². The molecule has 1 aromatic heterocycles. The standard InChI is InChI=1S/C10H17N3O3S/c1-2-16-8-4-7-13-17(14,15)10-9(11)5-3-6-12-10/h3,5-6,13H,2,4,7-8,11H2,1H3. The van der Waals surface area contributed by atoms with E-state index in [9.17, 15) is 8.42 Å². The quantitative estimate of drug-likeness (QED) is 0.690. The normalized spacial score (nSPS) is 11.6. The monoisotopic (exact) mass is 259 g/mol. The molecule has 17 heavy (non-hydrogen) atoms. The molecule has 0 unspecified atom stereocenters. The van der Waals surface area contributed by atoms with E-state index in [0.717, 1.165) is 0 Å². The summed E-state index contributed by atoms with van der Waals surface area (Å²) in [5.74, 6) is 0. The van der Waals surface area contributed by atoms with Crippen LogP contribution in [0.1, 0.15) is 13.3 Å². The van der Waals surface area contributed by atoms with Crippen LogP contribution in [0.3, 0.4) is 0 Å². The number of aromatic nitrogens is 1. The van der Waals surface area contributed by atoms with Crippen LogP contribution >= 0.6 is 0 Å². The lowest BCUT2D eigenvalue weighted by atomic mass is 10.4. The van der Waals surface area contributed by atoms with Gasteiger partial charge in [-0.2, -0.15) is 0 Å². The van der Waals surface area contributed by atoms with Crippen molar-refractivity contribution in [3.8, 4) is 0 Å². The van der Waals surface area contributed by atoms with E-state index in [4.69, 9.17) is 10.5 Å². The summed E-state index contributed by atoms with van der Waals surface area (Å²) < 4.78 is 31.1. The third kappa shape index (κ3) is 4.29. The lowest BCUT2D eigenvalue weighted by Crippen LogP contribution is -2.27. The second kappa shape index (κ2) is 6.53. The minimum atomic E-state index is -3.62. The van der Waals surface area contributed by atoms with Crippen molar-refractivity contribution in [2.24, 2.45) is 0 Å². The summed E-state index contributed by atoms with van der Waals surface area (Å²) in [6, 6.07) is 3.09.